The number of thiocarbonyl (C=S) groups is 1. The number of nitrogens with zero attached hydrogens (tertiary/aromatic N) is 1. The Morgan fingerprint density at radius 1 is 1.17 bits per heavy atom. The zero-order valence-electron chi connectivity index (χ0n) is 12.2. The summed E-state index contributed by atoms with van der Waals surface area (Å²) in [6, 6.07) is 17.7. The standard InChI is InChI=1S/C17H15N3O2S/c18-11-12-6-8-14(9-7-12)19-17(23)20-15(10-16(21)22)13-4-2-1-3-5-13/h1-9,15H,10H2,(H,21,22)(H2,19,20,23). The number of nitriles is 1. The van der Waals surface area contributed by atoms with E-state index in [4.69, 9.17) is 22.6 Å². The van der Waals surface area contributed by atoms with Crippen LogP contribution in [-0.4, -0.2) is 16.2 Å². The first-order valence-electron chi connectivity index (χ1n) is 6.93. The third kappa shape index (κ3) is 5.09. The van der Waals surface area contributed by atoms with E-state index in [0.29, 0.717) is 10.7 Å². The number of rotatable bonds is 5. The van der Waals surface area contributed by atoms with Crippen molar-refractivity contribution in [2.45, 2.75) is 12.5 Å². The second kappa shape index (κ2) is 7.92. The van der Waals surface area contributed by atoms with E-state index in [1.165, 1.54) is 0 Å². The van der Waals surface area contributed by atoms with E-state index in [1.54, 1.807) is 24.3 Å². The Labute approximate surface area is 139 Å². The van der Waals surface area contributed by atoms with Gasteiger partial charge in [-0.05, 0) is 42.0 Å². The Morgan fingerprint density at radius 3 is 2.39 bits per heavy atom. The summed E-state index contributed by atoms with van der Waals surface area (Å²) in [6.07, 6.45) is -0.0841. The number of benzene rings is 2. The summed E-state index contributed by atoms with van der Waals surface area (Å²) in [7, 11) is 0. The van der Waals surface area contributed by atoms with Crippen LogP contribution < -0.4 is 10.6 Å². The van der Waals surface area contributed by atoms with Crippen molar-refractivity contribution in [1.29, 1.82) is 5.26 Å². The van der Waals surface area contributed by atoms with Crippen molar-refractivity contribution in [3.63, 3.8) is 0 Å². The first-order chi connectivity index (χ1) is 11.1. The quantitative estimate of drug-likeness (QED) is 0.733. The highest BCUT2D eigenvalue weighted by Gasteiger charge is 2.16. The SMILES string of the molecule is N#Cc1ccc(NC(=S)NC(CC(=O)O)c2ccccc2)cc1. The monoisotopic (exact) mass is 325 g/mol. The predicted octanol–water partition coefficient (Wildman–Crippen LogP) is 3.06. The summed E-state index contributed by atoms with van der Waals surface area (Å²) in [5, 5.41) is 24.2. The lowest BCUT2D eigenvalue weighted by Crippen LogP contribution is -2.33. The van der Waals surface area contributed by atoms with E-state index in [1.807, 2.05) is 36.4 Å². The van der Waals surface area contributed by atoms with E-state index in [0.717, 1.165) is 11.3 Å². The van der Waals surface area contributed by atoms with Crippen LogP contribution in [0.15, 0.2) is 54.6 Å². The van der Waals surface area contributed by atoms with Gasteiger partial charge in [-0.25, -0.2) is 0 Å². The van der Waals surface area contributed by atoms with Gasteiger partial charge in [-0.1, -0.05) is 30.3 Å². The number of hydrogen-bond donors (Lipinski definition) is 3. The van der Waals surface area contributed by atoms with Crippen LogP contribution in [0.25, 0.3) is 0 Å². The summed E-state index contributed by atoms with van der Waals surface area (Å²) in [6.45, 7) is 0. The number of carboxylic acid groups (broad SMARTS) is 1. The molecular weight excluding hydrogens is 310 g/mol. The van der Waals surface area contributed by atoms with Gasteiger partial charge in [0, 0.05) is 5.69 Å². The van der Waals surface area contributed by atoms with Gasteiger partial charge in [-0.2, -0.15) is 5.26 Å². The molecule has 0 heterocycles. The highest BCUT2D eigenvalue weighted by atomic mass is 32.1. The summed E-state index contributed by atoms with van der Waals surface area (Å²) in [5.74, 6) is -0.910. The zero-order chi connectivity index (χ0) is 16.7. The minimum atomic E-state index is -0.910. The van der Waals surface area contributed by atoms with Gasteiger partial charge in [0.15, 0.2) is 5.11 Å². The molecule has 0 spiro atoms. The Bertz CT molecular complexity index is 724. The molecule has 0 bridgehead atoms. The van der Waals surface area contributed by atoms with E-state index >= 15 is 0 Å². The minimum Gasteiger partial charge on any atom is -0.481 e. The van der Waals surface area contributed by atoms with Crippen molar-refractivity contribution in [2.75, 3.05) is 5.32 Å². The number of hydrogen-bond acceptors (Lipinski definition) is 3. The van der Waals surface area contributed by atoms with Gasteiger partial charge in [-0.3, -0.25) is 4.79 Å². The summed E-state index contributed by atoms with van der Waals surface area (Å²) >= 11 is 5.25. The van der Waals surface area contributed by atoms with E-state index in [9.17, 15) is 4.79 Å². The smallest absolute Gasteiger partial charge is 0.305 e. The molecule has 5 nitrogen and oxygen atoms in total. The molecular formula is C17H15N3O2S. The molecule has 0 amide bonds. The summed E-state index contributed by atoms with van der Waals surface area (Å²) < 4.78 is 0. The molecule has 0 fully saturated rings. The third-order valence-electron chi connectivity index (χ3n) is 3.16. The van der Waals surface area contributed by atoms with Crippen LogP contribution in [0.2, 0.25) is 0 Å². The average molecular weight is 325 g/mol. The second-order valence-electron chi connectivity index (χ2n) is 4.85. The molecule has 1 unspecified atom stereocenters. The Hall–Kier alpha value is -2.91. The molecule has 0 aliphatic heterocycles. The Balaban J connectivity index is 2.05. The fourth-order valence-electron chi connectivity index (χ4n) is 2.07. The Morgan fingerprint density at radius 2 is 1.83 bits per heavy atom. The number of carboxylic acids is 1. The van der Waals surface area contributed by atoms with E-state index < -0.39 is 12.0 Å². The van der Waals surface area contributed by atoms with Crippen LogP contribution in [0.4, 0.5) is 5.69 Å². The van der Waals surface area contributed by atoms with Crippen LogP contribution in [0.5, 0.6) is 0 Å². The molecule has 0 saturated carbocycles. The van der Waals surface area contributed by atoms with Crippen molar-refractivity contribution in [2.24, 2.45) is 0 Å². The average Bonchev–Trinajstić information content (AvgIpc) is 2.55. The third-order valence-corrected chi connectivity index (χ3v) is 3.38. The first kappa shape index (κ1) is 16.5. The molecule has 0 aliphatic carbocycles. The van der Waals surface area contributed by atoms with Crippen molar-refractivity contribution < 1.29 is 9.90 Å². The van der Waals surface area contributed by atoms with Gasteiger partial charge in [0.2, 0.25) is 0 Å². The van der Waals surface area contributed by atoms with Crippen molar-refractivity contribution in [1.82, 2.24) is 5.32 Å². The van der Waals surface area contributed by atoms with Gasteiger partial charge in [0.1, 0.15) is 0 Å². The number of anilines is 1. The molecule has 1 atom stereocenters. The Kier molecular flexibility index (Phi) is 5.67. The molecule has 23 heavy (non-hydrogen) atoms. The normalized spacial score (nSPS) is 11.1. The van der Waals surface area contributed by atoms with Gasteiger partial charge >= 0.3 is 5.97 Å². The van der Waals surface area contributed by atoms with E-state index in [-0.39, 0.29) is 6.42 Å². The lowest BCUT2D eigenvalue weighted by molar-refractivity contribution is -0.137. The maximum Gasteiger partial charge on any atom is 0.305 e. The molecule has 6 heteroatoms. The van der Waals surface area contributed by atoms with Gasteiger partial charge in [0.05, 0.1) is 24.1 Å². The summed E-state index contributed by atoms with van der Waals surface area (Å²) in [4.78, 5) is 11.1. The predicted molar refractivity (Wildman–Crippen MR) is 91.9 cm³/mol. The number of aliphatic carboxylic acids is 1. The first-order valence-corrected chi connectivity index (χ1v) is 7.33. The molecule has 116 valence electrons. The molecule has 3 N–H and O–H groups in total. The molecule has 2 rings (SSSR count). The minimum absolute atomic E-state index is 0.0841. The van der Waals surface area contributed by atoms with Crippen LogP contribution in [0.3, 0.4) is 0 Å². The highest BCUT2D eigenvalue weighted by molar-refractivity contribution is 7.80. The highest BCUT2D eigenvalue weighted by Crippen LogP contribution is 2.17. The molecule has 0 saturated heterocycles. The van der Waals surface area contributed by atoms with Crippen LogP contribution in [0.1, 0.15) is 23.6 Å². The summed E-state index contributed by atoms with van der Waals surface area (Å²) in [5.41, 5.74) is 2.13. The fraction of sp³-hybridized carbons (Fsp3) is 0.118. The second-order valence-corrected chi connectivity index (χ2v) is 5.26. The van der Waals surface area contributed by atoms with Crippen LogP contribution in [0, 0.1) is 11.3 Å². The number of nitrogens with one attached hydrogen (secondary N) is 2. The molecule has 0 radical (unpaired) electrons. The van der Waals surface area contributed by atoms with Gasteiger partial charge < -0.3 is 15.7 Å². The van der Waals surface area contributed by atoms with Crippen LogP contribution in [-0.2, 0) is 4.79 Å². The molecule has 0 aromatic heterocycles. The largest absolute Gasteiger partial charge is 0.481 e. The molecule has 2 aromatic carbocycles. The number of carbonyl (C=O) groups is 1. The lowest BCUT2D eigenvalue weighted by atomic mass is 10.0. The maximum atomic E-state index is 11.1. The fourth-order valence-corrected chi connectivity index (χ4v) is 2.33. The van der Waals surface area contributed by atoms with Crippen molar-refractivity contribution >= 4 is 29.0 Å². The molecule has 0 aliphatic rings. The lowest BCUT2D eigenvalue weighted by Gasteiger charge is -2.20. The maximum absolute atomic E-state index is 11.1. The van der Waals surface area contributed by atoms with Crippen molar-refractivity contribution in [3.05, 3.63) is 65.7 Å². The van der Waals surface area contributed by atoms with Gasteiger partial charge in [0.25, 0.3) is 0 Å². The molecule has 2 aromatic rings. The van der Waals surface area contributed by atoms with E-state index in [2.05, 4.69) is 10.6 Å². The zero-order valence-corrected chi connectivity index (χ0v) is 13.0. The van der Waals surface area contributed by atoms with Crippen LogP contribution >= 0.6 is 12.2 Å². The van der Waals surface area contributed by atoms with Crippen molar-refractivity contribution in [3.8, 4) is 6.07 Å². The van der Waals surface area contributed by atoms with Gasteiger partial charge in [-0.15, -0.1) is 0 Å². The topological polar surface area (TPSA) is 85.2 Å².